The van der Waals surface area contributed by atoms with Crippen molar-refractivity contribution in [3.8, 4) is 0 Å². The number of carbonyl (C=O) groups excluding carboxylic acids is 1. The number of amides is 1. The van der Waals surface area contributed by atoms with Crippen LogP contribution in [-0.4, -0.2) is 74.1 Å². The van der Waals surface area contributed by atoms with Gasteiger partial charge in [-0.05, 0) is 37.8 Å². The molecule has 2 unspecified atom stereocenters. The summed E-state index contributed by atoms with van der Waals surface area (Å²) < 4.78 is 0. The maximum atomic E-state index is 12.0. The predicted molar refractivity (Wildman–Crippen MR) is 79.6 cm³/mol. The third-order valence-electron chi connectivity index (χ3n) is 5.11. The van der Waals surface area contributed by atoms with E-state index in [-0.39, 0.29) is 5.91 Å². The van der Waals surface area contributed by atoms with Gasteiger partial charge in [-0.3, -0.25) is 4.79 Å². The molecule has 0 bridgehead atoms. The van der Waals surface area contributed by atoms with Gasteiger partial charge in [-0.1, -0.05) is 6.92 Å². The summed E-state index contributed by atoms with van der Waals surface area (Å²) in [5, 5.41) is 6.65. The summed E-state index contributed by atoms with van der Waals surface area (Å²) in [7, 11) is 0. The van der Waals surface area contributed by atoms with E-state index in [0.717, 1.165) is 32.7 Å². The van der Waals surface area contributed by atoms with Gasteiger partial charge in [0.2, 0.25) is 5.91 Å². The fourth-order valence-corrected chi connectivity index (χ4v) is 3.98. The minimum absolute atomic E-state index is 0.289. The molecule has 5 nitrogen and oxygen atoms in total. The molecular weight excluding hydrogens is 252 g/mol. The van der Waals surface area contributed by atoms with Crippen LogP contribution in [0.4, 0.5) is 0 Å². The highest BCUT2D eigenvalue weighted by Gasteiger charge is 2.34. The number of nitrogens with zero attached hydrogens (tertiary/aromatic N) is 2. The van der Waals surface area contributed by atoms with Crippen molar-refractivity contribution >= 4 is 5.91 Å². The van der Waals surface area contributed by atoms with Crippen molar-refractivity contribution in [2.75, 3.05) is 52.4 Å². The molecule has 1 amide bonds. The van der Waals surface area contributed by atoms with E-state index in [1.54, 1.807) is 0 Å². The van der Waals surface area contributed by atoms with Crippen LogP contribution in [0.25, 0.3) is 0 Å². The van der Waals surface area contributed by atoms with E-state index in [1.165, 1.54) is 32.4 Å². The summed E-state index contributed by atoms with van der Waals surface area (Å²) in [4.78, 5) is 16.8. The maximum Gasteiger partial charge on any atom is 0.236 e. The molecule has 3 aliphatic heterocycles. The Hall–Kier alpha value is -0.650. The smallest absolute Gasteiger partial charge is 0.236 e. The molecule has 20 heavy (non-hydrogen) atoms. The van der Waals surface area contributed by atoms with E-state index in [2.05, 4.69) is 27.4 Å². The Balaban J connectivity index is 1.57. The number of nitrogens with one attached hydrogen (secondary N) is 2. The van der Waals surface area contributed by atoms with Crippen LogP contribution in [0.3, 0.4) is 0 Å². The summed E-state index contributed by atoms with van der Waals surface area (Å²) >= 11 is 0. The van der Waals surface area contributed by atoms with Crippen molar-refractivity contribution in [1.29, 1.82) is 0 Å². The number of piperazine rings is 1. The van der Waals surface area contributed by atoms with Crippen molar-refractivity contribution < 1.29 is 4.79 Å². The van der Waals surface area contributed by atoms with Gasteiger partial charge in [0, 0.05) is 38.8 Å². The Kier molecular flexibility index (Phi) is 4.29. The number of hydrogen-bond acceptors (Lipinski definition) is 4. The Morgan fingerprint density at radius 2 is 2.20 bits per heavy atom. The molecule has 114 valence electrons. The highest BCUT2D eigenvalue weighted by molar-refractivity contribution is 5.79. The van der Waals surface area contributed by atoms with Gasteiger partial charge in [0.15, 0.2) is 0 Å². The molecule has 3 fully saturated rings. The van der Waals surface area contributed by atoms with E-state index < -0.39 is 0 Å². The normalized spacial score (nSPS) is 36.5. The maximum absolute atomic E-state index is 12.0. The molecule has 3 saturated heterocycles. The standard InChI is InChI=1S/C15H28N4O/c1-15(4-5-17-11-15)12-18-7-2-3-13(10-18)19-8-6-16-9-14(19)20/h13,16-17H,2-12H2,1H3. The van der Waals surface area contributed by atoms with Crippen LogP contribution in [0.5, 0.6) is 0 Å². The van der Waals surface area contributed by atoms with Gasteiger partial charge < -0.3 is 20.4 Å². The van der Waals surface area contributed by atoms with E-state index in [0.29, 0.717) is 18.0 Å². The van der Waals surface area contributed by atoms with Gasteiger partial charge in [-0.2, -0.15) is 0 Å². The Morgan fingerprint density at radius 3 is 2.95 bits per heavy atom. The van der Waals surface area contributed by atoms with E-state index in [1.807, 2.05) is 0 Å². The second-order valence-electron chi connectivity index (χ2n) is 7.03. The molecule has 3 aliphatic rings. The van der Waals surface area contributed by atoms with Crippen LogP contribution in [0, 0.1) is 5.41 Å². The minimum Gasteiger partial charge on any atom is -0.336 e. The van der Waals surface area contributed by atoms with Crippen molar-refractivity contribution in [3.63, 3.8) is 0 Å². The van der Waals surface area contributed by atoms with Crippen LogP contribution in [0.15, 0.2) is 0 Å². The average Bonchev–Trinajstić information content (AvgIpc) is 2.86. The largest absolute Gasteiger partial charge is 0.336 e. The van der Waals surface area contributed by atoms with E-state index in [4.69, 9.17) is 0 Å². The number of carbonyl (C=O) groups is 1. The first-order valence-corrected chi connectivity index (χ1v) is 8.10. The lowest BCUT2D eigenvalue weighted by molar-refractivity contribution is -0.135. The molecule has 0 aromatic heterocycles. The van der Waals surface area contributed by atoms with E-state index in [9.17, 15) is 4.79 Å². The average molecular weight is 280 g/mol. The first kappa shape index (κ1) is 14.3. The van der Waals surface area contributed by atoms with Crippen LogP contribution < -0.4 is 10.6 Å². The molecule has 0 radical (unpaired) electrons. The molecule has 0 aliphatic carbocycles. The zero-order valence-electron chi connectivity index (χ0n) is 12.7. The van der Waals surface area contributed by atoms with Gasteiger partial charge in [0.1, 0.15) is 0 Å². The summed E-state index contributed by atoms with van der Waals surface area (Å²) in [5.74, 6) is 0.289. The zero-order chi connectivity index (χ0) is 14.0. The zero-order valence-corrected chi connectivity index (χ0v) is 12.7. The fraction of sp³-hybridized carbons (Fsp3) is 0.933. The fourth-order valence-electron chi connectivity index (χ4n) is 3.98. The molecule has 5 heteroatoms. The van der Waals surface area contributed by atoms with Crippen LogP contribution in [0.1, 0.15) is 26.2 Å². The summed E-state index contributed by atoms with van der Waals surface area (Å²) in [6.45, 7) is 10.5. The predicted octanol–water partition coefficient (Wildman–Crippen LogP) is -0.118. The minimum atomic E-state index is 0.289. The monoisotopic (exact) mass is 280 g/mol. The van der Waals surface area contributed by atoms with Crippen molar-refractivity contribution in [2.45, 2.75) is 32.2 Å². The Bertz CT molecular complexity index is 354. The Morgan fingerprint density at radius 1 is 1.30 bits per heavy atom. The van der Waals surface area contributed by atoms with Crippen molar-refractivity contribution in [1.82, 2.24) is 20.4 Å². The number of hydrogen-bond donors (Lipinski definition) is 2. The Labute approximate surface area is 122 Å². The number of piperidine rings is 1. The lowest BCUT2D eigenvalue weighted by Crippen LogP contribution is -2.57. The number of rotatable bonds is 3. The second-order valence-corrected chi connectivity index (χ2v) is 7.03. The second kappa shape index (κ2) is 6.00. The quantitative estimate of drug-likeness (QED) is 0.757. The molecular formula is C15H28N4O. The molecule has 0 aromatic carbocycles. The lowest BCUT2D eigenvalue weighted by Gasteiger charge is -2.43. The number of likely N-dealkylation sites (tertiary alicyclic amines) is 1. The molecule has 3 rings (SSSR count). The molecule has 0 aromatic rings. The topological polar surface area (TPSA) is 47.6 Å². The van der Waals surface area contributed by atoms with Gasteiger partial charge in [0.05, 0.1) is 6.54 Å². The lowest BCUT2D eigenvalue weighted by atomic mass is 9.88. The van der Waals surface area contributed by atoms with Gasteiger partial charge in [0.25, 0.3) is 0 Å². The summed E-state index contributed by atoms with van der Waals surface area (Å²) in [6, 6.07) is 0.441. The van der Waals surface area contributed by atoms with Crippen molar-refractivity contribution in [3.05, 3.63) is 0 Å². The van der Waals surface area contributed by atoms with Crippen LogP contribution in [-0.2, 0) is 4.79 Å². The highest BCUT2D eigenvalue weighted by Crippen LogP contribution is 2.28. The first-order valence-electron chi connectivity index (χ1n) is 8.10. The third kappa shape index (κ3) is 3.15. The molecule has 2 N–H and O–H groups in total. The summed E-state index contributed by atoms with van der Waals surface area (Å²) in [6.07, 6.45) is 3.68. The molecule has 0 saturated carbocycles. The van der Waals surface area contributed by atoms with Crippen LogP contribution >= 0.6 is 0 Å². The molecule has 3 heterocycles. The SMILES string of the molecule is CC1(CN2CCCC(N3CCNCC3=O)C2)CCNC1. The van der Waals surface area contributed by atoms with Gasteiger partial charge in [-0.25, -0.2) is 0 Å². The first-order chi connectivity index (χ1) is 9.66. The van der Waals surface area contributed by atoms with E-state index >= 15 is 0 Å². The van der Waals surface area contributed by atoms with Crippen molar-refractivity contribution in [2.24, 2.45) is 5.41 Å². The summed E-state index contributed by atoms with van der Waals surface area (Å²) in [5.41, 5.74) is 0.426. The van der Waals surface area contributed by atoms with Crippen LogP contribution in [0.2, 0.25) is 0 Å². The third-order valence-corrected chi connectivity index (χ3v) is 5.11. The highest BCUT2D eigenvalue weighted by atomic mass is 16.2. The molecule has 0 spiro atoms. The van der Waals surface area contributed by atoms with Gasteiger partial charge >= 0.3 is 0 Å². The molecule has 2 atom stereocenters. The van der Waals surface area contributed by atoms with Gasteiger partial charge in [-0.15, -0.1) is 0 Å².